The van der Waals surface area contributed by atoms with Crippen LogP contribution in [0.15, 0.2) is 6.07 Å². The standard InChI is InChI=1S/C15H21N/c1-10-12(14(3)5-6-14)9-13(11(2)16-10)15(4)7-8-15/h9H,5-8H2,1-4H3. The Morgan fingerprint density at radius 1 is 0.875 bits per heavy atom. The van der Waals surface area contributed by atoms with Crippen LogP contribution in [0.3, 0.4) is 0 Å². The van der Waals surface area contributed by atoms with Crippen molar-refractivity contribution in [3.63, 3.8) is 0 Å². The summed E-state index contributed by atoms with van der Waals surface area (Å²) in [4.78, 5) is 4.79. The van der Waals surface area contributed by atoms with E-state index in [0.29, 0.717) is 10.8 Å². The van der Waals surface area contributed by atoms with Crippen LogP contribution in [0.4, 0.5) is 0 Å². The summed E-state index contributed by atoms with van der Waals surface area (Å²) >= 11 is 0. The lowest BCUT2D eigenvalue weighted by Gasteiger charge is -2.19. The summed E-state index contributed by atoms with van der Waals surface area (Å²) in [6, 6.07) is 2.47. The fourth-order valence-corrected chi connectivity index (χ4v) is 2.86. The normalized spacial score (nSPS) is 24.2. The molecular formula is C15H21N. The molecule has 2 fully saturated rings. The fourth-order valence-electron chi connectivity index (χ4n) is 2.86. The zero-order chi connectivity index (χ0) is 11.6. The van der Waals surface area contributed by atoms with Gasteiger partial charge in [0.05, 0.1) is 0 Å². The van der Waals surface area contributed by atoms with Crippen molar-refractivity contribution in [3.05, 3.63) is 28.6 Å². The van der Waals surface area contributed by atoms with E-state index in [2.05, 4.69) is 33.8 Å². The summed E-state index contributed by atoms with van der Waals surface area (Å²) in [5.41, 5.74) is 6.44. The van der Waals surface area contributed by atoms with E-state index in [1.807, 2.05) is 0 Å². The molecule has 2 aliphatic carbocycles. The molecule has 1 nitrogen and oxygen atoms in total. The zero-order valence-corrected chi connectivity index (χ0v) is 10.9. The highest BCUT2D eigenvalue weighted by Gasteiger charge is 2.44. The van der Waals surface area contributed by atoms with E-state index < -0.39 is 0 Å². The van der Waals surface area contributed by atoms with E-state index in [1.165, 1.54) is 48.2 Å². The van der Waals surface area contributed by atoms with Gasteiger partial charge in [-0.15, -0.1) is 0 Å². The van der Waals surface area contributed by atoms with Crippen LogP contribution in [0.1, 0.15) is 62.0 Å². The molecule has 0 unspecified atom stereocenters. The SMILES string of the molecule is Cc1nc(C)c(C2(C)CC2)cc1C1(C)CC1. The Morgan fingerprint density at radius 2 is 1.25 bits per heavy atom. The zero-order valence-electron chi connectivity index (χ0n) is 10.9. The van der Waals surface area contributed by atoms with Crippen molar-refractivity contribution in [1.29, 1.82) is 0 Å². The Morgan fingerprint density at radius 3 is 1.56 bits per heavy atom. The maximum atomic E-state index is 4.79. The number of pyridine rings is 1. The number of hydrogen-bond acceptors (Lipinski definition) is 1. The van der Waals surface area contributed by atoms with Crippen molar-refractivity contribution < 1.29 is 0 Å². The second-order valence-electron chi connectivity index (χ2n) is 6.38. The third-order valence-electron chi connectivity index (χ3n) is 4.70. The molecule has 0 aromatic carbocycles. The minimum atomic E-state index is 0.449. The average Bonchev–Trinajstić information content (AvgIpc) is 3.08. The molecule has 2 aliphatic rings. The highest BCUT2D eigenvalue weighted by Crippen LogP contribution is 2.52. The van der Waals surface area contributed by atoms with Gasteiger partial charge in [-0.2, -0.15) is 0 Å². The lowest BCUT2D eigenvalue weighted by molar-refractivity contribution is 0.728. The smallest absolute Gasteiger partial charge is 0.0413 e. The molecule has 0 spiro atoms. The summed E-state index contributed by atoms with van der Waals surface area (Å²) in [5.74, 6) is 0. The molecule has 1 heterocycles. The van der Waals surface area contributed by atoms with Crippen LogP contribution in [0.2, 0.25) is 0 Å². The van der Waals surface area contributed by atoms with E-state index in [9.17, 15) is 0 Å². The van der Waals surface area contributed by atoms with Gasteiger partial charge in [0.1, 0.15) is 0 Å². The van der Waals surface area contributed by atoms with Gasteiger partial charge in [0.15, 0.2) is 0 Å². The largest absolute Gasteiger partial charge is 0.258 e. The van der Waals surface area contributed by atoms with E-state index >= 15 is 0 Å². The Labute approximate surface area is 98.3 Å². The summed E-state index contributed by atoms with van der Waals surface area (Å²) < 4.78 is 0. The van der Waals surface area contributed by atoms with Crippen LogP contribution in [0, 0.1) is 13.8 Å². The average molecular weight is 215 g/mol. The number of rotatable bonds is 2. The molecule has 0 saturated heterocycles. The minimum Gasteiger partial charge on any atom is -0.258 e. The Balaban J connectivity index is 2.12. The van der Waals surface area contributed by atoms with E-state index in [4.69, 9.17) is 4.98 Å². The number of hydrogen-bond donors (Lipinski definition) is 0. The highest BCUT2D eigenvalue weighted by molar-refractivity contribution is 5.43. The Bertz CT molecular complexity index is 411. The molecule has 1 aromatic heterocycles. The van der Waals surface area contributed by atoms with Crippen LogP contribution in [0.5, 0.6) is 0 Å². The lowest BCUT2D eigenvalue weighted by atomic mass is 9.89. The third-order valence-corrected chi connectivity index (χ3v) is 4.70. The first-order valence-corrected chi connectivity index (χ1v) is 6.44. The van der Waals surface area contributed by atoms with Gasteiger partial charge in [0, 0.05) is 11.4 Å². The second-order valence-corrected chi connectivity index (χ2v) is 6.38. The fraction of sp³-hybridized carbons (Fsp3) is 0.667. The van der Waals surface area contributed by atoms with Gasteiger partial charge >= 0.3 is 0 Å². The Kier molecular flexibility index (Phi) is 1.86. The predicted octanol–water partition coefficient (Wildman–Crippen LogP) is 3.80. The van der Waals surface area contributed by atoms with Gasteiger partial charge in [0.2, 0.25) is 0 Å². The van der Waals surface area contributed by atoms with Crippen LogP contribution in [0.25, 0.3) is 0 Å². The summed E-state index contributed by atoms with van der Waals surface area (Å²) in [6.45, 7) is 9.10. The maximum Gasteiger partial charge on any atom is 0.0413 e. The summed E-state index contributed by atoms with van der Waals surface area (Å²) in [6.07, 6.45) is 5.37. The van der Waals surface area contributed by atoms with E-state index in [0.717, 1.165) is 0 Å². The monoisotopic (exact) mass is 215 g/mol. The maximum absolute atomic E-state index is 4.79. The molecule has 16 heavy (non-hydrogen) atoms. The highest BCUT2D eigenvalue weighted by atomic mass is 14.7. The first-order chi connectivity index (χ1) is 7.45. The second kappa shape index (κ2) is 2.88. The van der Waals surface area contributed by atoms with Crippen LogP contribution in [-0.2, 0) is 10.8 Å². The molecule has 0 amide bonds. The van der Waals surface area contributed by atoms with Crippen LogP contribution < -0.4 is 0 Å². The molecule has 3 rings (SSSR count). The summed E-state index contributed by atoms with van der Waals surface area (Å²) in [7, 11) is 0. The van der Waals surface area contributed by atoms with Gasteiger partial charge in [-0.25, -0.2) is 0 Å². The van der Waals surface area contributed by atoms with Gasteiger partial charge in [0.25, 0.3) is 0 Å². The van der Waals surface area contributed by atoms with E-state index in [1.54, 1.807) is 0 Å². The molecule has 86 valence electrons. The van der Waals surface area contributed by atoms with Gasteiger partial charge in [-0.05, 0) is 61.5 Å². The number of nitrogens with zero attached hydrogens (tertiary/aromatic N) is 1. The van der Waals surface area contributed by atoms with Crippen molar-refractivity contribution in [2.45, 2.75) is 64.2 Å². The lowest BCUT2D eigenvalue weighted by Crippen LogP contribution is -2.12. The molecule has 0 aliphatic heterocycles. The van der Waals surface area contributed by atoms with Crippen molar-refractivity contribution in [1.82, 2.24) is 4.98 Å². The third kappa shape index (κ3) is 1.41. The topological polar surface area (TPSA) is 12.9 Å². The molecule has 0 radical (unpaired) electrons. The van der Waals surface area contributed by atoms with Crippen molar-refractivity contribution >= 4 is 0 Å². The van der Waals surface area contributed by atoms with Gasteiger partial charge < -0.3 is 0 Å². The molecule has 1 heteroatoms. The van der Waals surface area contributed by atoms with Gasteiger partial charge in [-0.3, -0.25) is 4.98 Å². The van der Waals surface area contributed by atoms with Gasteiger partial charge in [-0.1, -0.05) is 19.9 Å². The predicted molar refractivity (Wildman–Crippen MR) is 66.9 cm³/mol. The van der Waals surface area contributed by atoms with Crippen LogP contribution >= 0.6 is 0 Å². The van der Waals surface area contributed by atoms with Crippen molar-refractivity contribution in [2.24, 2.45) is 0 Å². The first-order valence-electron chi connectivity index (χ1n) is 6.44. The van der Waals surface area contributed by atoms with E-state index in [-0.39, 0.29) is 0 Å². The number of aryl methyl sites for hydroxylation is 2. The Hall–Kier alpha value is -0.850. The molecule has 0 bridgehead atoms. The minimum absolute atomic E-state index is 0.449. The molecular weight excluding hydrogens is 194 g/mol. The molecule has 0 atom stereocenters. The van der Waals surface area contributed by atoms with Crippen molar-refractivity contribution in [3.8, 4) is 0 Å². The first kappa shape index (κ1) is 10.3. The molecule has 0 N–H and O–H groups in total. The molecule has 1 aromatic rings. The van der Waals surface area contributed by atoms with Crippen molar-refractivity contribution in [2.75, 3.05) is 0 Å². The summed E-state index contributed by atoms with van der Waals surface area (Å²) in [5, 5.41) is 0. The number of aromatic nitrogens is 1. The molecule has 2 saturated carbocycles. The quantitative estimate of drug-likeness (QED) is 0.731. The van der Waals surface area contributed by atoms with Crippen LogP contribution in [-0.4, -0.2) is 4.98 Å².